The monoisotopic (exact) mass is 1870 g/mol. The highest BCUT2D eigenvalue weighted by Gasteiger charge is 2.63. The largest absolute Gasteiger partial charge is 0.497 e. The zero-order chi connectivity index (χ0) is 93.4. The van der Waals surface area contributed by atoms with Crippen LogP contribution in [0, 0.1) is 92.7 Å². The maximum absolute atomic E-state index is 14.4. The third kappa shape index (κ3) is 23.5. The Labute approximate surface area is 797 Å². The smallest absolute Gasteiger partial charge is 0.343 e. The Morgan fingerprint density at radius 2 is 0.689 bits per heavy atom. The van der Waals surface area contributed by atoms with Crippen molar-refractivity contribution >= 4 is 58.1 Å². The van der Waals surface area contributed by atoms with E-state index in [1.165, 1.54) is 103 Å². The molecule has 9 aliphatic rings. The Kier molecular flexibility index (Phi) is 32.4. The van der Waals surface area contributed by atoms with Crippen molar-refractivity contribution in [1.82, 2.24) is 0 Å². The van der Waals surface area contributed by atoms with Gasteiger partial charge >= 0.3 is 58.1 Å². The van der Waals surface area contributed by atoms with E-state index < -0.39 is 46.2 Å². The van der Waals surface area contributed by atoms with Crippen LogP contribution in [0.3, 0.4) is 0 Å². The Balaban J connectivity index is 0.637. The van der Waals surface area contributed by atoms with Crippen molar-refractivity contribution in [1.29, 1.82) is 0 Å². The Bertz CT molecular complexity index is 4630. The molecule has 16 atom stereocenters. The number of hydrogen-bond donors (Lipinski definition) is 0. The van der Waals surface area contributed by atoms with Crippen molar-refractivity contribution < 1.29 is 64.1 Å². The lowest BCUT2D eigenvalue weighted by molar-refractivity contribution is -0.0594. The Morgan fingerprint density at radius 1 is 0.356 bits per heavy atom. The molecule has 0 spiro atoms. The summed E-state index contributed by atoms with van der Waals surface area (Å²) in [6.07, 6.45) is 40.2. The zero-order valence-electron chi connectivity index (χ0n) is 83.3. The molecule has 14 nitrogen and oxygen atoms in total. The third-order valence-corrected chi connectivity index (χ3v) is 53.0. The molecule has 18 heteroatoms. The molecule has 1 heterocycles. The number of aryl methyl sites for hydroxylation is 4. The number of allylic oxidation sites excluding steroid dienone is 2. The predicted octanol–water partition coefficient (Wildman–Crippen LogP) is 29.3. The summed E-state index contributed by atoms with van der Waals surface area (Å²) in [7, 11) is -9.28. The third-order valence-electron chi connectivity index (χ3n) is 34.7. The molecule has 132 heavy (non-hydrogen) atoms. The minimum Gasteiger partial charge on any atom is -0.497 e. The van der Waals surface area contributed by atoms with Gasteiger partial charge in [0.2, 0.25) is 0 Å². The molecule has 0 N–H and O–H groups in total. The maximum Gasteiger partial charge on any atom is 0.343 e. The minimum atomic E-state index is -3.33. The standard InChI is InChI=1S/C114H160O14Si4/c1-79(2)25-21-27-81(5)101-61-63-103-99-59-49-91-77-97(65-69-111(91,7)105(99)67-71-113(101,103)9)123-109(117)89-45-37-85(38-46-89)31-23-75-132(76-24-32-86-39-47-90(48-40-86)110(118)124-98-66-70-112(8)92(78-98)50-60-100-104-64-62-102(82(6)28-22-26-80(3)4)114(104,10)72-68-106(100)112)127-130(15,16)125-129(13,14)126-131(128-132,73-19-17-29-83-33-41-87(42-34-83)107(115)121-95-55-51-93(119-11)52-56-95)74-20-18-30-84-35-43-88(44-36-84)108(116)122-96-57-53-94(120-12)54-58-96/h33-58,79-82,97-106H,17-32,59-78H2,1-16H3/t81-,82-,97?,98?,99?,100?,101-,102-,103?,104?,105?,106?,111+,112+,113-,114-,132?/m1/s1. The summed E-state index contributed by atoms with van der Waals surface area (Å²) < 4.78 is 66.8. The van der Waals surface area contributed by atoms with Crippen LogP contribution in [0.4, 0.5) is 0 Å². The molecule has 0 radical (unpaired) electrons. The second kappa shape index (κ2) is 42.9. The number of methoxy groups -OCH3 is 2. The van der Waals surface area contributed by atoms with Crippen LogP contribution < -0.4 is 18.9 Å². The van der Waals surface area contributed by atoms with E-state index in [4.69, 9.17) is 44.9 Å². The van der Waals surface area contributed by atoms with Gasteiger partial charge < -0.3 is 44.9 Å². The summed E-state index contributed by atoms with van der Waals surface area (Å²) in [6.45, 7) is 33.9. The molecule has 8 unspecified atom stereocenters. The van der Waals surface area contributed by atoms with Crippen LogP contribution in [-0.2, 0) is 51.6 Å². The minimum absolute atomic E-state index is 0.131. The first kappa shape index (κ1) is 99.5. The lowest BCUT2D eigenvalue weighted by atomic mass is 9.47. The summed E-state index contributed by atoms with van der Waals surface area (Å²) in [5, 5.41) is 0. The molecule has 0 amide bonds. The van der Waals surface area contributed by atoms with Crippen LogP contribution in [0.2, 0.25) is 50.4 Å². The van der Waals surface area contributed by atoms with Gasteiger partial charge in [-0.2, -0.15) is 0 Å². The summed E-state index contributed by atoms with van der Waals surface area (Å²) >= 11 is 0. The molecule has 1 aliphatic heterocycles. The van der Waals surface area contributed by atoms with Crippen LogP contribution in [0.15, 0.2) is 169 Å². The highest BCUT2D eigenvalue weighted by molar-refractivity contribution is 6.94. The van der Waals surface area contributed by atoms with Gasteiger partial charge in [0.1, 0.15) is 35.2 Å². The van der Waals surface area contributed by atoms with Crippen molar-refractivity contribution in [3.8, 4) is 23.0 Å². The first-order chi connectivity index (χ1) is 63.2. The molecule has 7 fully saturated rings. The first-order valence-electron chi connectivity index (χ1n) is 51.9. The van der Waals surface area contributed by atoms with Gasteiger partial charge in [-0.15, -0.1) is 0 Å². The van der Waals surface area contributed by atoms with Crippen LogP contribution >= 0.6 is 0 Å². The van der Waals surface area contributed by atoms with Gasteiger partial charge in [0.15, 0.2) is 0 Å². The van der Waals surface area contributed by atoms with Crippen molar-refractivity contribution in [2.24, 2.45) is 92.7 Å². The van der Waals surface area contributed by atoms with Crippen LogP contribution in [0.25, 0.3) is 0 Å². The van der Waals surface area contributed by atoms with Gasteiger partial charge in [0.05, 0.1) is 36.5 Å². The lowest BCUT2D eigenvalue weighted by Gasteiger charge is -2.58. The van der Waals surface area contributed by atoms with Crippen LogP contribution in [0.5, 0.6) is 23.0 Å². The van der Waals surface area contributed by atoms with E-state index in [9.17, 15) is 19.2 Å². The normalized spacial score (nSPS) is 29.5. The summed E-state index contributed by atoms with van der Waals surface area (Å²) in [5.74, 6) is 10.3. The first-order valence-corrected chi connectivity index (χ1v) is 62.0. The molecule has 8 aliphatic carbocycles. The summed E-state index contributed by atoms with van der Waals surface area (Å²) in [5.41, 5.74) is 11.0. The fourth-order valence-electron chi connectivity index (χ4n) is 27.9. The van der Waals surface area contributed by atoms with Crippen LogP contribution in [0.1, 0.15) is 313 Å². The number of hydrogen-bond acceptors (Lipinski definition) is 14. The average Bonchev–Trinajstić information content (AvgIpc) is 1.49. The van der Waals surface area contributed by atoms with Gasteiger partial charge in [-0.3, -0.25) is 0 Å². The molecular weight excluding hydrogens is 1710 g/mol. The highest BCUT2D eigenvalue weighted by atomic mass is 28.5. The topological polar surface area (TPSA) is 161 Å². The van der Waals surface area contributed by atoms with Gasteiger partial charge in [0, 0.05) is 12.8 Å². The Hall–Kier alpha value is -7.01. The number of benzene rings is 6. The van der Waals surface area contributed by atoms with Crippen molar-refractivity contribution in [2.75, 3.05) is 14.2 Å². The van der Waals surface area contributed by atoms with E-state index in [1.807, 2.05) is 72.8 Å². The molecule has 6 aromatic carbocycles. The van der Waals surface area contributed by atoms with Gasteiger partial charge in [-0.25, -0.2) is 19.2 Å². The van der Waals surface area contributed by atoms with Crippen molar-refractivity contribution in [2.45, 2.75) is 337 Å². The number of carbonyl (C=O) groups excluding carboxylic acids is 4. The average molecular weight is 1870 g/mol. The number of ether oxygens (including phenoxy) is 6. The Morgan fingerprint density at radius 3 is 1.04 bits per heavy atom. The van der Waals surface area contributed by atoms with E-state index in [0.717, 1.165) is 208 Å². The predicted molar refractivity (Wildman–Crippen MR) is 539 cm³/mol. The molecule has 716 valence electrons. The second-order valence-corrected chi connectivity index (χ2v) is 59.7. The number of unbranched alkanes of at least 4 members (excludes halogenated alkanes) is 2. The maximum atomic E-state index is 14.4. The van der Waals surface area contributed by atoms with Crippen molar-refractivity contribution in [3.05, 3.63) is 213 Å². The molecule has 0 aromatic heterocycles. The molecular formula is C114H160O14Si4. The van der Waals surface area contributed by atoms with Crippen LogP contribution in [-0.4, -0.2) is 84.5 Å². The van der Waals surface area contributed by atoms with Gasteiger partial charge in [-0.1, -0.05) is 192 Å². The van der Waals surface area contributed by atoms with Crippen molar-refractivity contribution in [3.63, 3.8) is 0 Å². The summed E-state index contributed by atoms with van der Waals surface area (Å²) in [4.78, 5) is 55.6. The number of carbonyl (C=O) groups is 4. The van der Waals surface area contributed by atoms with E-state index in [-0.39, 0.29) is 35.0 Å². The number of fused-ring (bicyclic) bond motifs is 10. The summed E-state index contributed by atoms with van der Waals surface area (Å²) in [6, 6.07) is 48.9. The second-order valence-electron chi connectivity index (χ2n) is 45.2. The fourth-order valence-corrected chi connectivity index (χ4v) is 51.5. The fraction of sp³-hybridized carbons (Fsp3) is 0.614. The molecule has 15 rings (SSSR count). The highest BCUT2D eigenvalue weighted by Crippen LogP contribution is 2.70. The molecule has 0 bridgehead atoms. The zero-order valence-corrected chi connectivity index (χ0v) is 87.3. The number of esters is 4. The van der Waals surface area contributed by atoms with E-state index in [0.29, 0.717) is 67.9 Å². The van der Waals surface area contributed by atoms with E-state index in [1.54, 1.807) is 73.9 Å². The lowest BCUT2D eigenvalue weighted by Crippen LogP contribution is -2.67. The van der Waals surface area contributed by atoms with E-state index in [2.05, 4.69) is 132 Å². The quantitative estimate of drug-likeness (QED) is 0.0118. The van der Waals surface area contributed by atoms with E-state index >= 15 is 0 Å². The molecule has 6 saturated carbocycles. The van der Waals surface area contributed by atoms with Gasteiger partial charge in [0.25, 0.3) is 0 Å². The van der Waals surface area contributed by atoms with Gasteiger partial charge in [-0.05, 0) is 404 Å². The molecule has 1 saturated heterocycles. The SMILES string of the molecule is COc1ccc(OC(=O)c2ccc(CCCC[Si]3(CCCCc4ccc(C(=O)Oc5ccc(OC)cc5)cc4)O[Si](C)(C)O[Si](C)(C)O[Si](CCCc4ccc(C(=O)OC5CC[C@@]6(C)C(=CCC7C6CC[C@@]6(C)C7CC[C@@H]6[C@H](C)CCCC(C)C)C5)cc4)(CCCc4ccc(C(=O)OC5CC[C@@]6(C)C(=CCC7C6CC[C@@]6(C)C7CC[C@@H]6[C@H](C)CCCC(C)C)C5)cc4)O3)cc2)cc1. The number of rotatable bonds is 38. The molecule has 6 aromatic rings.